The molecule has 12 heteroatoms. The van der Waals surface area contributed by atoms with Gasteiger partial charge in [0.2, 0.25) is 15.9 Å². The molecule has 206 valence electrons. The number of likely N-dealkylation sites (tertiary alicyclic amines) is 1. The molecule has 1 aliphatic heterocycles. The minimum absolute atomic E-state index is 0.126. The topological polar surface area (TPSA) is 159 Å². The standard InChI is InChI=1S/C26H33ClN4O6S/c27-22-8-7-20(14-28)21(13-22)15-29-17-26(18-32)11-4-12-31(26)25(35)23(9-10-24(33)34)30-38(36,37)16-19-5-2-1-3-6-19/h1-3,5-8,13,18,23,29-30H,4,9-12,14-17,28H2,(H,33,34)/t23-,26-/m1/s1. The summed E-state index contributed by atoms with van der Waals surface area (Å²) in [6.07, 6.45) is 0.973. The number of nitrogens with zero attached hydrogens (tertiary/aromatic N) is 1. The van der Waals surface area contributed by atoms with Crippen LogP contribution in [0.15, 0.2) is 48.5 Å². The molecule has 1 heterocycles. The molecule has 0 radical (unpaired) electrons. The third-order valence-corrected chi connectivity index (χ3v) is 8.21. The van der Waals surface area contributed by atoms with Crippen LogP contribution < -0.4 is 15.8 Å². The summed E-state index contributed by atoms with van der Waals surface area (Å²) in [5.74, 6) is -2.15. The van der Waals surface area contributed by atoms with E-state index in [9.17, 15) is 27.9 Å². The number of nitrogens with one attached hydrogen (secondary N) is 2. The first-order valence-electron chi connectivity index (χ1n) is 12.3. The Balaban J connectivity index is 1.77. The summed E-state index contributed by atoms with van der Waals surface area (Å²) in [5, 5.41) is 13.0. The molecule has 0 aliphatic carbocycles. The number of hydrogen-bond acceptors (Lipinski definition) is 7. The van der Waals surface area contributed by atoms with E-state index in [1.54, 1.807) is 42.5 Å². The van der Waals surface area contributed by atoms with Gasteiger partial charge in [-0.15, -0.1) is 0 Å². The van der Waals surface area contributed by atoms with Crippen LogP contribution in [-0.4, -0.2) is 61.3 Å². The molecule has 5 N–H and O–H groups in total. The van der Waals surface area contributed by atoms with Gasteiger partial charge in [-0.2, -0.15) is 0 Å². The molecule has 1 aliphatic rings. The predicted octanol–water partition coefficient (Wildman–Crippen LogP) is 1.80. The molecule has 3 rings (SSSR count). The maximum absolute atomic E-state index is 13.6. The van der Waals surface area contributed by atoms with Crippen molar-refractivity contribution in [3.63, 3.8) is 0 Å². The first-order valence-corrected chi connectivity index (χ1v) is 14.3. The maximum atomic E-state index is 13.6. The van der Waals surface area contributed by atoms with Gasteiger partial charge >= 0.3 is 5.97 Å². The average molecular weight is 565 g/mol. The highest BCUT2D eigenvalue weighted by molar-refractivity contribution is 7.88. The number of carboxylic acids is 1. The van der Waals surface area contributed by atoms with Gasteiger partial charge in [-0.3, -0.25) is 9.59 Å². The number of sulfonamides is 1. The smallest absolute Gasteiger partial charge is 0.303 e. The largest absolute Gasteiger partial charge is 0.481 e. The van der Waals surface area contributed by atoms with Gasteiger partial charge in [-0.05, 0) is 48.1 Å². The van der Waals surface area contributed by atoms with Crippen LogP contribution in [0.4, 0.5) is 0 Å². The second kappa shape index (κ2) is 13.3. The van der Waals surface area contributed by atoms with Crippen LogP contribution in [0.25, 0.3) is 0 Å². The molecule has 1 saturated heterocycles. The number of carbonyl (C=O) groups excluding carboxylic acids is 2. The lowest BCUT2D eigenvalue weighted by molar-refractivity contribution is -0.141. The van der Waals surface area contributed by atoms with Crippen LogP contribution in [0.3, 0.4) is 0 Å². The van der Waals surface area contributed by atoms with Gasteiger partial charge in [0.1, 0.15) is 17.9 Å². The highest BCUT2D eigenvalue weighted by Crippen LogP contribution is 2.29. The van der Waals surface area contributed by atoms with E-state index < -0.39 is 39.9 Å². The number of carbonyl (C=O) groups is 3. The summed E-state index contributed by atoms with van der Waals surface area (Å²) in [5.41, 5.74) is 6.89. The third-order valence-electron chi connectivity index (χ3n) is 6.62. The number of benzene rings is 2. The van der Waals surface area contributed by atoms with E-state index in [0.29, 0.717) is 42.8 Å². The highest BCUT2D eigenvalue weighted by atomic mass is 35.5. The molecular formula is C26H33ClN4O6S. The third kappa shape index (κ3) is 7.84. The molecule has 0 saturated carbocycles. The van der Waals surface area contributed by atoms with E-state index in [1.807, 2.05) is 6.07 Å². The quantitative estimate of drug-likeness (QED) is 0.253. The Bertz CT molecular complexity index is 1240. The lowest BCUT2D eigenvalue weighted by Gasteiger charge is -2.36. The van der Waals surface area contributed by atoms with Gasteiger partial charge in [-0.1, -0.05) is 48.0 Å². The van der Waals surface area contributed by atoms with E-state index in [4.69, 9.17) is 17.3 Å². The predicted molar refractivity (Wildman–Crippen MR) is 144 cm³/mol. The van der Waals surface area contributed by atoms with Crippen molar-refractivity contribution in [2.24, 2.45) is 5.73 Å². The molecule has 0 bridgehead atoms. The zero-order valence-corrected chi connectivity index (χ0v) is 22.5. The van der Waals surface area contributed by atoms with Crippen molar-refractivity contribution in [2.75, 3.05) is 13.1 Å². The molecule has 2 atom stereocenters. The number of carboxylic acid groups (broad SMARTS) is 1. The number of aliphatic carboxylic acids is 1. The van der Waals surface area contributed by atoms with E-state index in [2.05, 4.69) is 10.0 Å². The summed E-state index contributed by atoms with van der Waals surface area (Å²) in [6.45, 7) is 1.04. The molecule has 2 aromatic carbocycles. The molecule has 38 heavy (non-hydrogen) atoms. The Morgan fingerprint density at radius 1 is 1.18 bits per heavy atom. The number of halogens is 1. The van der Waals surface area contributed by atoms with Crippen molar-refractivity contribution in [2.45, 2.75) is 56.1 Å². The summed E-state index contributed by atoms with van der Waals surface area (Å²) >= 11 is 6.11. The molecule has 10 nitrogen and oxygen atoms in total. The van der Waals surface area contributed by atoms with Crippen molar-refractivity contribution in [3.8, 4) is 0 Å². The summed E-state index contributed by atoms with van der Waals surface area (Å²) in [6, 6.07) is 12.5. The fourth-order valence-corrected chi connectivity index (χ4v) is 6.25. The van der Waals surface area contributed by atoms with Crippen molar-refractivity contribution in [1.29, 1.82) is 0 Å². The number of hydrogen-bond donors (Lipinski definition) is 4. The Morgan fingerprint density at radius 3 is 2.58 bits per heavy atom. The van der Waals surface area contributed by atoms with Gasteiger partial charge in [0.25, 0.3) is 0 Å². The van der Waals surface area contributed by atoms with Crippen molar-refractivity contribution in [3.05, 3.63) is 70.2 Å². The van der Waals surface area contributed by atoms with Crippen LogP contribution in [0.5, 0.6) is 0 Å². The SMILES string of the molecule is NCc1ccc(Cl)cc1CNC[C@@]1(C=O)CCCN1C(=O)[C@@H](CCC(=O)O)NS(=O)(=O)Cc1ccccc1. The van der Waals surface area contributed by atoms with E-state index >= 15 is 0 Å². The Labute approximate surface area is 227 Å². The zero-order valence-electron chi connectivity index (χ0n) is 20.9. The second-order valence-electron chi connectivity index (χ2n) is 9.38. The first kappa shape index (κ1) is 29.7. The molecule has 0 aromatic heterocycles. The minimum atomic E-state index is -3.98. The Morgan fingerprint density at radius 2 is 1.92 bits per heavy atom. The van der Waals surface area contributed by atoms with Crippen molar-refractivity contribution >= 4 is 39.8 Å². The summed E-state index contributed by atoms with van der Waals surface area (Å²) < 4.78 is 28.2. The van der Waals surface area contributed by atoms with Crippen LogP contribution in [0.1, 0.15) is 42.4 Å². The van der Waals surface area contributed by atoms with Gasteiger partial charge in [0.05, 0.1) is 5.75 Å². The van der Waals surface area contributed by atoms with Crippen LogP contribution in [-0.2, 0) is 43.2 Å². The van der Waals surface area contributed by atoms with Crippen LogP contribution in [0.2, 0.25) is 5.02 Å². The van der Waals surface area contributed by atoms with Crippen molar-refractivity contribution < 1.29 is 27.9 Å². The Kier molecular flexibility index (Phi) is 10.4. The average Bonchev–Trinajstić information content (AvgIpc) is 3.30. The fraction of sp³-hybridized carbons (Fsp3) is 0.423. The second-order valence-corrected chi connectivity index (χ2v) is 11.6. The first-order chi connectivity index (χ1) is 18.1. The van der Waals surface area contributed by atoms with E-state index in [0.717, 1.165) is 11.1 Å². The van der Waals surface area contributed by atoms with Gasteiger partial charge in [-0.25, -0.2) is 13.1 Å². The normalized spacial score (nSPS) is 18.3. The molecular weight excluding hydrogens is 532 g/mol. The highest BCUT2D eigenvalue weighted by Gasteiger charge is 2.45. The number of amides is 1. The molecule has 1 fully saturated rings. The fourth-order valence-electron chi connectivity index (χ4n) is 4.69. The van der Waals surface area contributed by atoms with E-state index in [-0.39, 0.29) is 25.3 Å². The summed E-state index contributed by atoms with van der Waals surface area (Å²) in [7, 11) is -3.98. The zero-order chi connectivity index (χ0) is 27.8. The molecule has 1 amide bonds. The lowest BCUT2D eigenvalue weighted by atomic mass is 9.96. The van der Waals surface area contributed by atoms with E-state index in [1.165, 1.54) is 4.90 Å². The van der Waals surface area contributed by atoms with Crippen LogP contribution in [0, 0.1) is 0 Å². The number of nitrogens with two attached hydrogens (primary N) is 1. The number of aldehydes is 1. The molecule has 0 spiro atoms. The van der Waals surface area contributed by atoms with Crippen molar-refractivity contribution in [1.82, 2.24) is 14.9 Å². The Hall–Kier alpha value is -2.83. The van der Waals surface area contributed by atoms with Gasteiger partial charge in [0, 0.05) is 37.6 Å². The lowest BCUT2D eigenvalue weighted by Crippen LogP contribution is -2.59. The minimum Gasteiger partial charge on any atom is -0.481 e. The maximum Gasteiger partial charge on any atom is 0.303 e. The van der Waals surface area contributed by atoms with Gasteiger partial charge < -0.3 is 25.9 Å². The van der Waals surface area contributed by atoms with Gasteiger partial charge in [0.15, 0.2) is 0 Å². The summed E-state index contributed by atoms with van der Waals surface area (Å²) in [4.78, 5) is 38.6. The van der Waals surface area contributed by atoms with Crippen LogP contribution >= 0.6 is 11.6 Å². The number of rotatable bonds is 14. The molecule has 0 unspecified atom stereocenters. The molecule has 2 aromatic rings. The monoisotopic (exact) mass is 564 g/mol.